The molecule has 1 aromatic heterocycles. The smallest absolute Gasteiger partial charge is 0.271 e. The number of amides is 1. The predicted octanol–water partition coefficient (Wildman–Crippen LogP) is 1.08. The van der Waals surface area contributed by atoms with Gasteiger partial charge in [0.2, 0.25) is 0 Å². The van der Waals surface area contributed by atoms with Crippen molar-refractivity contribution in [2.24, 2.45) is 5.73 Å². The molecule has 1 unspecified atom stereocenters. The van der Waals surface area contributed by atoms with Crippen molar-refractivity contribution < 1.29 is 18.3 Å². The van der Waals surface area contributed by atoms with Crippen LogP contribution in [-0.2, 0) is 16.3 Å². The van der Waals surface area contributed by atoms with Gasteiger partial charge in [0.15, 0.2) is 27.2 Å². The minimum Gasteiger partial charge on any atom is -0.394 e. The lowest BCUT2D eigenvalue weighted by Crippen LogP contribution is -2.24. The molecule has 0 saturated carbocycles. The van der Waals surface area contributed by atoms with Crippen LogP contribution in [0.2, 0.25) is 0 Å². The highest BCUT2D eigenvalue weighted by molar-refractivity contribution is 7.90. The molecule has 0 saturated heterocycles. The number of aliphatic hydroxyl groups is 1. The number of carbonyl (C=O) groups excluding carboxylic acids is 1. The first-order valence-electron chi connectivity index (χ1n) is 8.31. The molecular weight excluding hydrogens is 370 g/mol. The zero-order chi connectivity index (χ0) is 20.2. The Morgan fingerprint density at radius 1 is 1.30 bits per heavy atom. The number of nitrogens with zero attached hydrogens (tertiary/aromatic N) is 2. The molecule has 146 valence electrons. The molecule has 5 N–H and O–H groups in total. The fourth-order valence-corrected chi connectivity index (χ4v) is 2.98. The summed E-state index contributed by atoms with van der Waals surface area (Å²) in [6, 6.07) is 5.84. The van der Waals surface area contributed by atoms with E-state index in [0.717, 1.165) is 6.26 Å². The summed E-state index contributed by atoms with van der Waals surface area (Å²) >= 11 is 0. The van der Waals surface area contributed by atoms with Crippen molar-refractivity contribution in [1.82, 2.24) is 9.97 Å². The summed E-state index contributed by atoms with van der Waals surface area (Å²) in [6.45, 7) is 3.51. The van der Waals surface area contributed by atoms with E-state index in [-0.39, 0.29) is 29.1 Å². The average Bonchev–Trinajstić information content (AvgIpc) is 2.61. The minimum atomic E-state index is -3.39. The Hall–Kier alpha value is -2.72. The number of nitrogens with one attached hydrogen (secondary N) is 2. The summed E-state index contributed by atoms with van der Waals surface area (Å²) in [6.07, 6.45) is 1.60. The molecule has 0 aliphatic rings. The maximum atomic E-state index is 11.8. The first kappa shape index (κ1) is 20.6. The Balaban J connectivity index is 2.51. The number of hydrogen-bond donors (Lipinski definition) is 4. The molecule has 9 nitrogen and oxygen atoms in total. The van der Waals surface area contributed by atoms with E-state index >= 15 is 0 Å². The Morgan fingerprint density at radius 2 is 2.00 bits per heavy atom. The normalized spacial score (nSPS) is 12.4. The summed E-state index contributed by atoms with van der Waals surface area (Å²) in [4.78, 5) is 20.6. The van der Waals surface area contributed by atoms with E-state index in [4.69, 9.17) is 5.73 Å². The Bertz CT molecular complexity index is 946. The minimum absolute atomic E-state index is 0.0567. The third-order valence-electron chi connectivity index (χ3n) is 3.72. The van der Waals surface area contributed by atoms with Crippen molar-refractivity contribution >= 4 is 33.1 Å². The summed E-state index contributed by atoms with van der Waals surface area (Å²) in [5.74, 6) is -0.260. The van der Waals surface area contributed by atoms with E-state index in [2.05, 4.69) is 20.6 Å². The number of carbonyl (C=O) groups is 1. The number of hydrogen-bond acceptors (Lipinski definition) is 8. The number of aromatic nitrogens is 2. The van der Waals surface area contributed by atoms with Crippen molar-refractivity contribution in [2.75, 3.05) is 23.5 Å². The van der Waals surface area contributed by atoms with Crippen molar-refractivity contribution in [3.05, 3.63) is 35.7 Å². The molecule has 0 radical (unpaired) electrons. The van der Waals surface area contributed by atoms with Crippen LogP contribution < -0.4 is 16.4 Å². The van der Waals surface area contributed by atoms with Crippen LogP contribution in [0, 0.1) is 0 Å². The summed E-state index contributed by atoms with van der Waals surface area (Å²) < 4.78 is 23.5. The summed E-state index contributed by atoms with van der Waals surface area (Å²) in [7, 11) is -3.39. The summed E-state index contributed by atoms with van der Waals surface area (Å²) in [5.41, 5.74) is 6.32. The third kappa shape index (κ3) is 5.14. The molecule has 2 rings (SSSR count). The van der Waals surface area contributed by atoms with Crippen molar-refractivity contribution in [1.29, 1.82) is 0 Å². The number of benzene rings is 1. The van der Waals surface area contributed by atoms with Gasteiger partial charge in [0.05, 0.1) is 17.2 Å². The first-order valence-corrected chi connectivity index (χ1v) is 10.2. The standard InChI is InChI=1S/C17H23N5O4S/c1-4-13-16(19-10(2)9-23)22-17(14(21-13)15(18)24)20-11-6-5-7-12(8-11)27(3,25)26/h5-8,10,23H,4,9H2,1-3H3,(H2,18,24)(H2,19,20,22). The van der Waals surface area contributed by atoms with Crippen molar-refractivity contribution in [3.8, 4) is 0 Å². The Labute approximate surface area is 158 Å². The van der Waals surface area contributed by atoms with E-state index in [9.17, 15) is 18.3 Å². The molecule has 0 bridgehead atoms. The lowest BCUT2D eigenvalue weighted by molar-refractivity contribution is 0.0996. The van der Waals surface area contributed by atoms with Crippen LogP contribution in [0.15, 0.2) is 29.2 Å². The van der Waals surface area contributed by atoms with Gasteiger partial charge < -0.3 is 21.5 Å². The number of primary amides is 1. The maximum absolute atomic E-state index is 11.8. The molecule has 0 spiro atoms. The quantitative estimate of drug-likeness (QED) is 0.521. The topological polar surface area (TPSA) is 147 Å². The van der Waals surface area contributed by atoms with Gasteiger partial charge in [-0.15, -0.1) is 0 Å². The molecule has 2 aromatic rings. The molecule has 27 heavy (non-hydrogen) atoms. The molecule has 1 amide bonds. The second kappa shape index (κ2) is 8.31. The Morgan fingerprint density at radius 3 is 2.56 bits per heavy atom. The number of nitrogens with two attached hydrogens (primary N) is 1. The zero-order valence-corrected chi connectivity index (χ0v) is 16.2. The number of aryl methyl sites for hydroxylation is 1. The predicted molar refractivity (Wildman–Crippen MR) is 103 cm³/mol. The van der Waals surface area contributed by atoms with Gasteiger partial charge in [-0.05, 0) is 31.5 Å². The van der Waals surface area contributed by atoms with Crippen LogP contribution in [0.1, 0.15) is 30.0 Å². The van der Waals surface area contributed by atoms with E-state index in [1.54, 1.807) is 19.1 Å². The molecule has 0 aliphatic heterocycles. The fraction of sp³-hybridized carbons (Fsp3) is 0.353. The van der Waals surface area contributed by atoms with E-state index in [1.165, 1.54) is 12.1 Å². The lowest BCUT2D eigenvalue weighted by Gasteiger charge is -2.17. The highest BCUT2D eigenvalue weighted by Crippen LogP contribution is 2.24. The highest BCUT2D eigenvalue weighted by Gasteiger charge is 2.18. The number of anilines is 3. The number of rotatable bonds is 8. The van der Waals surface area contributed by atoms with Crippen LogP contribution in [0.5, 0.6) is 0 Å². The van der Waals surface area contributed by atoms with Crippen LogP contribution >= 0.6 is 0 Å². The van der Waals surface area contributed by atoms with Crippen molar-refractivity contribution in [2.45, 2.75) is 31.2 Å². The molecule has 1 aromatic carbocycles. The first-order chi connectivity index (χ1) is 12.7. The second-order valence-corrected chi connectivity index (χ2v) is 8.10. The fourth-order valence-electron chi connectivity index (χ4n) is 2.31. The van der Waals surface area contributed by atoms with Gasteiger partial charge in [-0.3, -0.25) is 4.79 Å². The van der Waals surface area contributed by atoms with Gasteiger partial charge in [0.1, 0.15) is 0 Å². The molecule has 1 atom stereocenters. The SMILES string of the molecule is CCc1nc(C(N)=O)c(Nc2cccc(S(C)(=O)=O)c2)nc1NC(C)CO. The third-order valence-corrected chi connectivity index (χ3v) is 4.83. The molecule has 0 fully saturated rings. The number of sulfone groups is 1. The molecule has 1 heterocycles. The highest BCUT2D eigenvalue weighted by atomic mass is 32.2. The van der Waals surface area contributed by atoms with Crippen LogP contribution in [0.25, 0.3) is 0 Å². The number of aliphatic hydroxyl groups excluding tert-OH is 1. The monoisotopic (exact) mass is 393 g/mol. The van der Waals surface area contributed by atoms with Gasteiger partial charge in [-0.2, -0.15) is 0 Å². The molecule has 10 heteroatoms. The van der Waals surface area contributed by atoms with Gasteiger partial charge in [0.25, 0.3) is 5.91 Å². The van der Waals surface area contributed by atoms with Crippen LogP contribution in [0.4, 0.5) is 17.3 Å². The lowest BCUT2D eigenvalue weighted by atomic mass is 10.2. The zero-order valence-electron chi connectivity index (χ0n) is 15.4. The van der Waals surface area contributed by atoms with E-state index in [0.29, 0.717) is 23.6 Å². The molecule has 0 aliphatic carbocycles. The van der Waals surface area contributed by atoms with E-state index in [1.807, 2.05) is 6.92 Å². The second-order valence-electron chi connectivity index (χ2n) is 6.09. The van der Waals surface area contributed by atoms with Gasteiger partial charge in [-0.1, -0.05) is 13.0 Å². The van der Waals surface area contributed by atoms with Gasteiger partial charge >= 0.3 is 0 Å². The van der Waals surface area contributed by atoms with Gasteiger partial charge in [0, 0.05) is 18.0 Å². The van der Waals surface area contributed by atoms with E-state index < -0.39 is 15.7 Å². The summed E-state index contributed by atoms with van der Waals surface area (Å²) in [5, 5.41) is 15.2. The van der Waals surface area contributed by atoms with Gasteiger partial charge in [-0.25, -0.2) is 18.4 Å². The van der Waals surface area contributed by atoms with Crippen LogP contribution in [0.3, 0.4) is 0 Å². The van der Waals surface area contributed by atoms with Crippen LogP contribution in [-0.4, -0.2) is 48.3 Å². The average molecular weight is 393 g/mol. The molecular formula is C17H23N5O4S. The Kier molecular flexibility index (Phi) is 6.34. The maximum Gasteiger partial charge on any atom is 0.271 e. The largest absolute Gasteiger partial charge is 0.394 e. The van der Waals surface area contributed by atoms with Crippen molar-refractivity contribution in [3.63, 3.8) is 0 Å².